The van der Waals surface area contributed by atoms with Gasteiger partial charge in [0.05, 0.1) is 12.5 Å². The van der Waals surface area contributed by atoms with Gasteiger partial charge in [-0.15, -0.1) is 0 Å². The molecule has 2 aliphatic rings. The van der Waals surface area contributed by atoms with E-state index in [0.29, 0.717) is 21.2 Å². The molecule has 3 aromatic rings. The van der Waals surface area contributed by atoms with Crippen LogP contribution in [-0.2, 0) is 29.1 Å². The summed E-state index contributed by atoms with van der Waals surface area (Å²) in [5.41, 5.74) is 1.38. The second-order valence-electron chi connectivity index (χ2n) is 11.6. The van der Waals surface area contributed by atoms with E-state index in [1.54, 1.807) is 59.5 Å². The molecule has 0 unspecified atom stereocenters. The van der Waals surface area contributed by atoms with Crippen LogP contribution in [0.1, 0.15) is 61.9 Å². The normalized spacial score (nSPS) is 22.2. The van der Waals surface area contributed by atoms with Crippen LogP contribution in [0.15, 0.2) is 72.8 Å². The van der Waals surface area contributed by atoms with Gasteiger partial charge in [-0.3, -0.25) is 9.59 Å². The number of morpholine rings is 1. The predicted molar refractivity (Wildman–Crippen MR) is 165 cm³/mol. The second-order valence-corrected chi connectivity index (χ2v) is 14.5. The van der Waals surface area contributed by atoms with E-state index >= 15 is 0 Å². The third-order valence-electron chi connectivity index (χ3n) is 8.37. The van der Waals surface area contributed by atoms with Crippen molar-refractivity contribution in [3.63, 3.8) is 0 Å². The van der Waals surface area contributed by atoms with Gasteiger partial charge in [0, 0.05) is 28.2 Å². The molecule has 3 aromatic carbocycles. The molecular weight excluding hydrogens is 630 g/mol. The Morgan fingerprint density at radius 1 is 1.05 bits per heavy atom. The number of amides is 1. The van der Waals surface area contributed by atoms with E-state index < -0.39 is 63.2 Å². The van der Waals surface area contributed by atoms with Crippen molar-refractivity contribution < 1.29 is 32.2 Å². The molecule has 12 heteroatoms. The number of hydrogen-bond donors (Lipinski definition) is 2. The van der Waals surface area contributed by atoms with E-state index in [2.05, 4.69) is 4.72 Å². The quantitative estimate of drug-likeness (QED) is 0.251. The summed E-state index contributed by atoms with van der Waals surface area (Å²) in [5, 5.41) is 10.6. The highest BCUT2D eigenvalue weighted by Crippen LogP contribution is 2.53. The van der Waals surface area contributed by atoms with Crippen molar-refractivity contribution in [3.05, 3.63) is 105 Å². The zero-order chi connectivity index (χ0) is 31.8. The first kappa shape index (κ1) is 32.4. The SMILES string of the molecule is CC(C)[C@@H](CNS(=O)(=O)C1(c2ccccc2F)CC1)N1C(=O)[C@H](CC(=O)O)O[C@H](c2cccc(Cl)c2)[C@H]1c1ccc(Cl)cc1. The summed E-state index contributed by atoms with van der Waals surface area (Å²) >= 11 is 12.5. The molecule has 1 saturated carbocycles. The Hall–Kier alpha value is -3.02. The average Bonchev–Trinajstić information content (AvgIpc) is 3.78. The maximum absolute atomic E-state index is 14.7. The van der Waals surface area contributed by atoms with Gasteiger partial charge in [-0.25, -0.2) is 17.5 Å². The maximum atomic E-state index is 14.7. The summed E-state index contributed by atoms with van der Waals surface area (Å²) in [6.07, 6.45) is -2.25. The molecule has 2 fully saturated rings. The maximum Gasteiger partial charge on any atom is 0.306 e. The molecule has 8 nitrogen and oxygen atoms in total. The lowest BCUT2D eigenvalue weighted by atomic mass is 9.88. The van der Waals surface area contributed by atoms with Crippen molar-refractivity contribution in [2.24, 2.45) is 5.92 Å². The number of carboxylic acids is 1. The lowest BCUT2D eigenvalue weighted by Gasteiger charge is -2.49. The lowest BCUT2D eigenvalue weighted by molar-refractivity contribution is -0.184. The number of hydrogen-bond acceptors (Lipinski definition) is 5. The highest BCUT2D eigenvalue weighted by molar-refractivity contribution is 7.90. The number of ether oxygens (including phenoxy) is 1. The monoisotopic (exact) mass is 662 g/mol. The van der Waals surface area contributed by atoms with Crippen molar-refractivity contribution in [2.45, 2.75) is 62.1 Å². The largest absolute Gasteiger partial charge is 0.481 e. The van der Waals surface area contributed by atoms with E-state index in [1.165, 1.54) is 18.2 Å². The molecule has 1 amide bonds. The van der Waals surface area contributed by atoms with Crippen LogP contribution in [0.4, 0.5) is 4.39 Å². The number of carbonyl (C=O) groups excluding carboxylic acids is 1. The number of aliphatic carboxylic acids is 1. The van der Waals surface area contributed by atoms with Crippen molar-refractivity contribution >= 4 is 45.1 Å². The van der Waals surface area contributed by atoms with Gasteiger partial charge >= 0.3 is 5.97 Å². The number of nitrogens with one attached hydrogen (secondary N) is 1. The Labute approximate surface area is 266 Å². The van der Waals surface area contributed by atoms with Gasteiger partial charge in [-0.2, -0.15) is 0 Å². The summed E-state index contributed by atoms with van der Waals surface area (Å²) in [6.45, 7) is 3.52. The van der Waals surface area contributed by atoms with Crippen LogP contribution in [0.2, 0.25) is 10.0 Å². The van der Waals surface area contributed by atoms with Crippen LogP contribution >= 0.6 is 23.2 Å². The molecule has 4 atom stereocenters. The van der Waals surface area contributed by atoms with Crippen LogP contribution in [-0.4, -0.2) is 49.0 Å². The summed E-state index contributed by atoms with van der Waals surface area (Å²) in [6, 6.07) is 18.1. The molecule has 2 N–H and O–H groups in total. The molecule has 1 aliphatic carbocycles. The smallest absolute Gasteiger partial charge is 0.306 e. The fourth-order valence-electron chi connectivity index (χ4n) is 5.98. The van der Waals surface area contributed by atoms with Crippen LogP contribution in [0.3, 0.4) is 0 Å². The number of rotatable bonds is 11. The third kappa shape index (κ3) is 6.37. The standard InChI is InChI=1S/C32H33Cl2FN2O6S/c1-19(2)26(18-36-44(41,42)32(14-15-32)24-8-3-4-9-25(24)35)37-29(20-10-12-22(33)13-11-20)30(21-6-5-7-23(34)16-21)43-27(31(37)40)17-28(38)39/h3-13,16,19,26-27,29-30,36H,14-15,17-18H2,1-2H3,(H,38,39)/t26-,27+,29-,30-/m1/s1. The van der Waals surface area contributed by atoms with Gasteiger partial charge in [0.2, 0.25) is 10.0 Å². The number of benzene rings is 3. The highest BCUT2D eigenvalue weighted by Gasteiger charge is 2.57. The first-order valence-corrected chi connectivity index (χ1v) is 16.5. The number of nitrogens with zero attached hydrogens (tertiary/aromatic N) is 1. The zero-order valence-corrected chi connectivity index (χ0v) is 26.4. The molecule has 0 aromatic heterocycles. The van der Waals surface area contributed by atoms with Crippen LogP contribution in [0.5, 0.6) is 0 Å². The van der Waals surface area contributed by atoms with E-state index in [0.717, 1.165) is 0 Å². The van der Waals surface area contributed by atoms with Crippen molar-refractivity contribution in [1.29, 1.82) is 0 Å². The molecule has 1 heterocycles. The van der Waals surface area contributed by atoms with Gasteiger partial charge in [0.25, 0.3) is 5.91 Å². The van der Waals surface area contributed by atoms with Crippen LogP contribution in [0.25, 0.3) is 0 Å². The molecule has 44 heavy (non-hydrogen) atoms. The molecule has 234 valence electrons. The van der Waals surface area contributed by atoms with E-state index in [9.17, 15) is 27.5 Å². The predicted octanol–water partition coefficient (Wildman–Crippen LogP) is 6.25. The summed E-state index contributed by atoms with van der Waals surface area (Å²) < 4.78 is 49.8. The lowest BCUT2D eigenvalue weighted by Crippen LogP contribution is -2.59. The highest BCUT2D eigenvalue weighted by atomic mass is 35.5. The molecule has 1 saturated heterocycles. The number of sulfonamides is 1. The summed E-state index contributed by atoms with van der Waals surface area (Å²) in [4.78, 5) is 27.5. The first-order chi connectivity index (χ1) is 20.8. The van der Waals surface area contributed by atoms with Gasteiger partial charge in [0.1, 0.15) is 22.8 Å². The molecule has 0 radical (unpaired) electrons. The van der Waals surface area contributed by atoms with Crippen LogP contribution < -0.4 is 4.72 Å². The molecular formula is C32H33Cl2FN2O6S. The minimum absolute atomic E-state index is 0.109. The third-order valence-corrected chi connectivity index (χ3v) is 11.1. The minimum atomic E-state index is -4.09. The molecule has 5 rings (SSSR count). The second kappa shape index (κ2) is 12.8. The average molecular weight is 664 g/mol. The fourth-order valence-corrected chi connectivity index (χ4v) is 8.06. The topological polar surface area (TPSA) is 113 Å². The fraction of sp³-hybridized carbons (Fsp3) is 0.375. The van der Waals surface area contributed by atoms with E-state index in [-0.39, 0.29) is 30.9 Å². The summed E-state index contributed by atoms with van der Waals surface area (Å²) in [7, 11) is -4.09. The number of carboxylic acid groups (broad SMARTS) is 1. The van der Waals surface area contributed by atoms with Crippen LogP contribution in [0, 0.1) is 11.7 Å². The van der Waals surface area contributed by atoms with Gasteiger partial charge < -0.3 is 14.7 Å². The van der Waals surface area contributed by atoms with E-state index in [4.69, 9.17) is 27.9 Å². The van der Waals surface area contributed by atoms with Crippen molar-refractivity contribution in [3.8, 4) is 0 Å². The van der Waals surface area contributed by atoms with Gasteiger partial charge in [-0.1, -0.05) is 79.5 Å². The Balaban J connectivity index is 1.57. The molecule has 1 aliphatic heterocycles. The Kier molecular flexibility index (Phi) is 9.39. The minimum Gasteiger partial charge on any atom is -0.481 e. The molecule has 0 spiro atoms. The zero-order valence-electron chi connectivity index (χ0n) is 24.1. The van der Waals surface area contributed by atoms with Crippen molar-refractivity contribution in [2.75, 3.05) is 6.54 Å². The number of halogens is 3. The van der Waals surface area contributed by atoms with Gasteiger partial charge in [0.15, 0.2) is 0 Å². The Morgan fingerprint density at radius 3 is 2.32 bits per heavy atom. The molecule has 0 bridgehead atoms. The number of carbonyl (C=O) groups is 2. The Bertz CT molecular complexity index is 1650. The van der Waals surface area contributed by atoms with Gasteiger partial charge in [-0.05, 0) is 60.2 Å². The first-order valence-electron chi connectivity index (χ1n) is 14.3. The van der Waals surface area contributed by atoms with E-state index in [1.807, 2.05) is 13.8 Å². The summed E-state index contributed by atoms with van der Waals surface area (Å²) in [5.74, 6) is -2.69. The Morgan fingerprint density at radius 2 is 1.73 bits per heavy atom. The van der Waals surface area contributed by atoms with Crippen molar-refractivity contribution in [1.82, 2.24) is 9.62 Å².